The van der Waals surface area contributed by atoms with E-state index in [0.29, 0.717) is 25.0 Å². The first-order valence-corrected chi connectivity index (χ1v) is 10.3. The normalized spacial score (nSPS) is 50.5. The lowest BCUT2D eigenvalue weighted by atomic mass is 9.39. The maximum absolute atomic E-state index is 12.5. The number of carbonyl (C=O) groups is 2. The van der Waals surface area contributed by atoms with Gasteiger partial charge in [-0.25, -0.2) is 4.79 Å². The van der Waals surface area contributed by atoms with Crippen LogP contribution >= 0.6 is 0 Å². The van der Waals surface area contributed by atoms with Gasteiger partial charge in [0.05, 0.1) is 28.8 Å². The van der Waals surface area contributed by atoms with Crippen molar-refractivity contribution < 1.29 is 28.9 Å². The van der Waals surface area contributed by atoms with Crippen LogP contribution in [0.15, 0.2) is 11.6 Å². The Bertz CT molecular complexity index is 745. The Morgan fingerprint density at radius 1 is 1.21 bits per heavy atom. The van der Waals surface area contributed by atoms with Crippen LogP contribution in [0.5, 0.6) is 0 Å². The van der Waals surface area contributed by atoms with E-state index in [2.05, 4.69) is 20.8 Å². The fraction of sp³-hybridized carbons (Fsp3) is 0.818. The minimum absolute atomic E-state index is 0.0128. The Kier molecular flexibility index (Phi) is 4.30. The van der Waals surface area contributed by atoms with Crippen LogP contribution in [0.25, 0.3) is 0 Å². The molecule has 2 aliphatic carbocycles. The third kappa shape index (κ3) is 2.22. The van der Waals surface area contributed by atoms with Gasteiger partial charge < -0.3 is 19.3 Å². The number of carboxylic acids is 1. The molecule has 2 aliphatic heterocycles. The van der Waals surface area contributed by atoms with Crippen LogP contribution in [0.2, 0.25) is 0 Å². The molecule has 3 fully saturated rings. The molecule has 4 aliphatic rings. The number of aliphatic carboxylic acids is 1. The van der Waals surface area contributed by atoms with Gasteiger partial charge in [0.1, 0.15) is 6.61 Å². The average Bonchev–Trinajstić information content (AvgIpc) is 3.17. The summed E-state index contributed by atoms with van der Waals surface area (Å²) in [6, 6.07) is 0. The third-order valence-electron chi connectivity index (χ3n) is 9.27. The Morgan fingerprint density at radius 2 is 1.93 bits per heavy atom. The van der Waals surface area contributed by atoms with Crippen molar-refractivity contribution in [2.24, 2.45) is 22.2 Å². The fourth-order valence-electron chi connectivity index (χ4n) is 7.19. The SMILES string of the molecule is CO[C@@H]1CC[C@]2(C)[C@H](CC[C@@]3(C)O[C@H](C4=CCOC4=O)C[C@]32C)[C@]1(C)C(=O)O. The Hall–Kier alpha value is -1.40. The quantitative estimate of drug-likeness (QED) is 0.742. The summed E-state index contributed by atoms with van der Waals surface area (Å²) < 4.78 is 17.3. The summed E-state index contributed by atoms with van der Waals surface area (Å²) >= 11 is 0. The zero-order chi connectivity index (χ0) is 20.5. The summed E-state index contributed by atoms with van der Waals surface area (Å²) in [6.45, 7) is 8.82. The van der Waals surface area contributed by atoms with Crippen molar-refractivity contribution in [2.75, 3.05) is 13.7 Å². The second-order valence-corrected chi connectivity index (χ2v) is 9.99. The molecule has 0 radical (unpaired) electrons. The number of ether oxygens (including phenoxy) is 3. The fourth-order valence-corrected chi connectivity index (χ4v) is 7.19. The summed E-state index contributed by atoms with van der Waals surface area (Å²) in [5.74, 6) is -1.07. The number of fused-ring (bicyclic) bond motifs is 3. The van der Waals surface area contributed by atoms with Crippen LogP contribution < -0.4 is 0 Å². The molecule has 2 heterocycles. The second kappa shape index (κ2) is 6.05. The Balaban J connectivity index is 1.76. The first-order chi connectivity index (χ1) is 13.0. The van der Waals surface area contributed by atoms with Crippen molar-refractivity contribution in [3.8, 4) is 0 Å². The van der Waals surface area contributed by atoms with Crippen molar-refractivity contribution in [1.82, 2.24) is 0 Å². The first-order valence-electron chi connectivity index (χ1n) is 10.3. The van der Waals surface area contributed by atoms with E-state index in [0.717, 1.165) is 19.3 Å². The van der Waals surface area contributed by atoms with Crippen molar-refractivity contribution in [3.05, 3.63) is 11.6 Å². The van der Waals surface area contributed by atoms with Crippen LogP contribution in [0.4, 0.5) is 0 Å². The Labute approximate surface area is 166 Å². The van der Waals surface area contributed by atoms with Gasteiger partial charge in [0.25, 0.3) is 0 Å². The average molecular weight is 392 g/mol. The molecule has 0 unspecified atom stereocenters. The summed E-state index contributed by atoms with van der Waals surface area (Å²) in [7, 11) is 1.62. The molecule has 1 saturated heterocycles. The third-order valence-corrected chi connectivity index (χ3v) is 9.27. The molecule has 4 rings (SSSR count). The van der Waals surface area contributed by atoms with Crippen LogP contribution in [0.1, 0.15) is 59.8 Å². The molecule has 0 spiro atoms. The van der Waals surface area contributed by atoms with Crippen LogP contribution in [0.3, 0.4) is 0 Å². The number of carbonyl (C=O) groups excluding carboxylic acids is 1. The number of methoxy groups -OCH3 is 1. The lowest BCUT2D eigenvalue weighted by molar-refractivity contribution is -0.233. The summed E-state index contributed by atoms with van der Waals surface area (Å²) in [6.07, 6.45) is 5.14. The van der Waals surface area contributed by atoms with Gasteiger partial charge in [-0.15, -0.1) is 0 Å². The minimum atomic E-state index is -0.935. The van der Waals surface area contributed by atoms with Gasteiger partial charge in [-0.1, -0.05) is 13.8 Å². The molecule has 1 N–H and O–H groups in total. The second-order valence-electron chi connectivity index (χ2n) is 9.99. The minimum Gasteiger partial charge on any atom is -0.481 e. The zero-order valence-corrected chi connectivity index (χ0v) is 17.5. The first kappa shape index (κ1) is 19.9. The molecule has 0 aromatic heterocycles. The Morgan fingerprint density at radius 3 is 2.50 bits per heavy atom. The maximum Gasteiger partial charge on any atom is 0.336 e. The highest BCUT2D eigenvalue weighted by Gasteiger charge is 2.72. The van der Waals surface area contributed by atoms with Crippen molar-refractivity contribution in [2.45, 2.75) is 77.6 Å². The predicted octanol–water partition coefficient (Wildman–Crippen LogP) is 3.34. The lowest BCUT2D eigenvalue weighted by Crippen LogP contribution is -2.66. The number of cyclic esters (lactones) is 1. The predicted molar refractivity (Wildman–Crippen MR) is 102 cm³/mol. The van der Waals surface area contributed by atoms with Gasteiger partial charge in [0.2, 0.25) is 0 Å². The van der Waals surface area contributed by atoms with Gasteiger partial charge in [0, 0.05) is 12.5 Å². The van der Waals surface area contributed by atoms with Gasteiger partial charge in [-0.2, -0.15) is 0 Å². The lowest BCUT2D eigenvalue weighted by Gasteiger charge is -2.65. The molecule has 0 bridgehead atoms. The van der Waals surface area contributed by atoms with Crippen molar-refractivity contribution in [3.63, 3.8) is 0 Å². The summed E-state index contributed by atoms with van der Waals surface area (Å²) in [5.41, 5.74) is -1.17. The molecule has 7 atom stereocenters. The molecule has 6 nitrogen and oxygen atoms in total. The van der Waals surface area contributed by atoms with E-state index in [9.17, 15) is 14.7 Å². The summed E-state index contributed by atoms with van der Waals surface area (Å²) in [4.78, 5) is 24.6. The van der Waals surface area contributed by atoms with Crippen LogP contribution in [-0.2, 0) is 23.8 Å². The van der Waals surface area contributed by atoms with E-state index in [1.807, 2.05) is 13.0 Å². The van der Waals surface area contributed by atoms with Gasteiger partial charge in [-0.05, 0) is 63.4 Å². The standard InChI is InChI=1S/C22H32O6/c1-19-9-7-16(26-5)22(4,18(24)25)15(19)6-10-21(3)20(19,2)12-14(28-21)13-8-11-27-17(13)23/h8,14-16H,6-7,9-12H2,1-5H3,(H,24,25)/t14-,15-,16+,19+,20-,21+,22-/m0/s1. The van der Waals surface area contributed by atoms with E-state index in [-0.39, 0.29) is 34.9 Å². The molecule has 28 heavy (non-hydrogen) atoms. The van der Waals surface area contributed by atoms with E-state index in [4.69, 9.17) is 14.2 Å². The van der Waals surface area contributed by atoms with Crippen molar-refractivity contribution in [1.29, 1.82) is 0 Å². The molecular weight excluding hydrogens is 360 g/mol. The van der Waals surface area contributed by atoms with Crippen molar-refractivity contribution >= 4 is 11.9 Å². The highest BCUT2D eigenvalue weighted by atomic mass is 16.5. The highest BCUT2D eigenvalue weighted by molar-refractivity contribution is 5.91. The molecular formula is C22H32O6. The largest absolute Gasteiger partial charge is 0.481 e. The topological polar surface area (TPSA) is 82.1 Å². The number of hydrogen-bond donors (Lipinski definition) is 1. The molecule has 156 valence electrons. The van der Waals surface area contributed by atoms with E-state index < -0.39 is 17.0 Å². The highest BCUT2D eigenvalue weighted by Crippen LogP contribution is 2.72. The summed E-state index contributed by atoms with van der Waals surface area (Å²) in [5, 5.41) is 10.2. The van der Waals surface area contributed by atoms with Crippen LogP contribution in [0, 0.1) is 22.2 Å². The van der Waals surface area contributed by atoms with E-state index >= 15 is 0 Å². The molecule has 2 saturated carbocycles. The molecule has 6 heteroatoms. The number of esters is 1. The van der Waals surface area contributed by atoms with Gasteiger partial charge >= 0.3 is 11.9 Å². The monoisotopic (exact) mass is 392 g/mol. The molecule has 0 aromatic carbocycles. The van der Waals surface area contributed by atoms with Gasteiger partial charge in [-0.3, -0.25) is 4.79 Å². The van der Waals surface area contributed by atoms with Gasteiger partial charge in [0.15, 0.2) is 0 Å². The zero-order valence-electron chi connectivity index (χ0n) is 17.5. The number of carboxylic acid groups (broad SMARTS) is 1. The van der Waals surface area contributed by atoms with E-state index in [1.165, 1.54) is 0 Å². The maximum atomic E-state index is 12.5. The number of hydrogen-bond acceptors (Lipinski definition) is 5. The molecule has 0 amide bonds. The number of rotatable bonds is 3. The smallest absolute Gasteiger partial charge is 0.336 e. The van der Waals surface area contributed by atoms with E-state index in [1.54, 1.807) is 7.11 Å². The van der Waals surface area contributed by atoms with Crippen LogP contribution in [-0.4, -0.2) is 48.6 Å². The molecule has 0 aromatic rings.